The highest BCUT2D eigenvalue weighted by Crippen LogP contribution is 2.24. The van der Waals surface area contributed by atoms with Crippen LogP contribution < -0.4 is 5.32 Å². The largest absolute Gasteiger partial charge is 0.460 e. The van der Waals surface area contributed by atoms with Gasteiger partial charge in [0.2, 0.25) is 0 Å². The van der Waals surface area contributed by atoms with Gasteiger partial charge < -0.3 is 14.8 Å². The van der Waals surface area contributed by atoms with Gasteiger partial charge in [-0.25, -0.2) is 0 Å². The standard InChI is InChI=1S/C13H14ClNO2/c14-11-3-1-2-10(8-11)13-5-4-12(17-13)9-15-6-7-16/h1-5,8,15-16H,6-7,9H2. The fourth-order valence-corrected chi connectivity index (χ4v) is 1.75. The number of halogens is 1. The van der Waals surface area contributed by atoms with Crippen molar-refractivity contribution in [2.75, 3.05) is 13.2 Å². The average Bonchev–Trinajstić information content (AvgIpc) is 2.78. The molecule has 0 fully saturated rings. The van der Waals surface area contributed by atoms with E-state index in [4.69, 9.17) is 21.1 Å². The molecule has 2 aromatic rings. The van der Waals surface area contributed by atoms with Gasteiger partial charge in [-0.3, -0.25) is 0 Å². The third kappa shape index (κ3) is 3.33. The van der Waals surface area contributed by atoms with Crippen LogP contribution in [0.2, 0.25) is 5.02 Å². The van der Waals surface area contributed by atoms with Crippen molar-refractivity contribution in [1.82, 2.24) is 5.32 Å². The van der Waals surface area contributed by atoms with Crippen molar-refractivity contribution < 1.29 is 9.52 Å². The lowest BCUT2D eigenvalue weighted by atomic mass is 10.2. The molecular formula is C13H14ClNO2. The second-order valence-electron chi connectivity index (χ2n) is 3.68. The zero-order chi connectivity index (χ0) is 12.1. The normalized spacial score (nSPS) is 10.7. The lowest BCUT2D eigenvalue weighted by Crippen LogP contribution is -2.16. The molecule has 0 saturated carbocycles. The van der Waals surface area contributed by atoms with Gasteiger partial charge in [0.05, 0.1) is 13.2 Å². The number of rotatable bonds is 5. The first-order chi connectivity index (χ1) is 8.29. The fraction of sp³-hybridized carbons (Fsp3) is 0.231. The topological polar surface area (TPSA) is 45.4 Å². The Morgan fingerprint density at radius 2 is 2.12 bits per heavy atom. The molecule has 1 heterocycles. The molecule has 0 atom stereocenters. The summed E-state index contributed by atoms with van der Waals surface area (Å²) in [5, 5.41) is 12.4. The number of nitrogens with one attached hydrogen (secondary N) is 1. The maximum atomic E-state index is 8.65. The van der Waals surface area contributed by atoms with E-state index in [1.165, 1.54) is 0 Å². The molecule has 0 radical (unpaired) electrons. The molecule has 2 rings (SSSR count). The predicted molar refractivity (Wildman–Crippen MR) is 67.9 cm³/mol. The lowest BCUT2D eigenvalue weighted by Gasteiger charge is -2.00. The Morgan fingerprint density at radius 3 is 2.88 bits per heavy atom. The Bertz CT molecular complexity index is 482. The summed E-state index contributed by atoms with van der Waals surface area (Å²) < 4.78 is 5.67. The molecule has 0 amide bonds. The third-order valence-corrected chi connectivity index (χ3v) is 2.59. The monoisotopic (exact) mass is 251 g/mol. The Labute approximate surface area is 105 Å². The van der Waals surface area contributed by atoms with Crippen LogP contribution in [0.25, 0.3) is 11.3 Å². The van der Waals surface area contributed by atoms with Crippen LogP contribution in [-0.4, -0.2) is 18.3 Å². The van der Waals surface area contributed by atoms with Crippen LogP contribution in [0.3, 0.4) is 0 Å². The van der Waals surface area contributed by atoms with Gasteiger partial charge in [0.1, 0.15) is 11.5 Å². The lowest BCUT2D eigenvalue weighted by molar-refractivity contribution is 0.290. The molecule has 90 valence electrons. The van der Waals surface area contributed by atoms with E-state index in [1.54, 1.807) is 0 Å². The summed E-state index contributed by atoms with van der Waals surface area (Å²) in [5.41, 5.74) is 0.964. The van der Waals surface area contributed by atoms with Crippen LogP contribution in [0, 0.1) is 0 Å². The van der Waals surface area contributed by atoms with Crippen molar-refractivity contribution in [3.8, 4) is 11.3 Å². The molecule has 0 aliphatic heterocycles. The fourth-order valence-electron chi connectivity index (χ4n) is 1.56. The molecule has 0 aliphatic rings. The van der Waals surface area contributed by atoms with Gasteiger partial charge in [0, 0.05) is 17.1 Å². The van der Waals surface area contributed by atoms with Gasteiger partial charge in [-0.05, 0) is 24.3 Å². The van der Waals surface area contributed by atoms with Crippen molar-refractivity contribution in [2.24, 2.45) is 0 Å². The first-order valence-electron chi connectivity index (χ1n) is 5.46. The summed E-state index contributed by atoms with van der Waals surface area (Å²) >= 11 is 5.92. The van der Waals surface area contributed by atoms with E-state index in [1.807, 2.05) is 36.4 Å². The smallest absolute Gasteiger partial charge is 0.134 e. The van der Waals surface area contributed by atoms with Crippen LogP contribution in [0.15, 0.2) is 40.8 Å². The number of hydrogen-bond acceptors (Lipinski definition) is 3. The zero-order valence-electron chi connectivity index (χ0n) is 9.32. The zero-order valence-corrected chi connectivity index (χ0v) is 10.1. The second kappa shape index (κ2) is 5.87. The highest BCUT2D eigenvalue weighted by molar-refractivity contribution is 6.30. The molecule has 17 heavy (non-hydrogen) atoms. The Morgan fingerprint density at radius 1 is 1.24 bits per heavy atom. The van der Waals surface area contributed by atoms with Crippen molar-refractivity contribution in [3.63, 3.8) is 0 Å². The molecule has 0 bridgehead atoms. The minimum atomic E-state index is 0.127. The second-order valence-corrected chi connectivity index (χ2v) is 4.11. The average molecular weight is 252 g/mol. The Balaban J connectivity index is 2.07. The first-order valence-corrected chi connectivity index (χ1v) is 5.83. The minimum absolute atomic E-state index is 0.127. The molecule has 0 aliphatic carbocycles. The Hall–Kier alpha value is -1.29. The molecule has 0 unspecified atom stereocenters. The summed E-state index contributed by atoms with van der Waals surface area (Å²) in [5.74, 6) is 1.64. The van der Waals surface area contributed by atoms with E-state index in [-0.39, 0.29) is 6.61 Å². The molecule has 1 aromatic carbocycles. The van der Waals surface area contributed by atoms with Gasteiger partial charge in [-0.2, -0.15) is 0 Å². The number of hydrogen-bond donors (Lipinski definition) is 2. The maximum Gasteiger partial charge on any atom is 0.134 e. The first kappa shape index (κ1) is 12.2. The van der Waals surface area contributed by atoms with Gasteiger partial charge in [-0.1, -0.05) is 23.7 Å². The third-order valence-electron chi connectivity index (χ3n) is 2.36. The van der Waals surface area contributed by atoms with E-state index < -0.39 is 0 Å². The SMILES string of the molecule is OCCNCc1ccc(-c2cccc(Cl)c2)o1. The highest BCUT2D eigenvalue weighted by Gasteiger charge is 2.04. The van der Waals surface area contributed by atoms with E-state index >= 15 is 0 Å². The summed E-state index contributed by atoms with van der Waals surface area (Å²) in [4.78, 5) is 0. The van der Waals surface area contributed by atoms with Gasteiger partial charge >= 0.3 is 0 Å². The summed E-state index contributed by atoms with van der Waals surface area (Å²) in [6.07, 6.45) is 0. The van der Waals surface area contributed by atoms with Crippen LogP contribution >= 0.6 is 11.6 Å². The maximum absolute atomic E-state index is 8.65. The van der Waals surface area contributed by atoms with Crippen LogP contribution in [0.5, 0.6) is 0 Å². The molecule has 2 N–H and O–H groups in total. The minimum Gasteiger partial charge on any atom is -0.460 e. The number of aliphatic hydroxyl groups is 1. The van der Waals surface area contributed by atoms with E-state index in [0.29, 0.717) is 18.1 Å². The van der Waals surface area contributed by atoms with Gasteiger partial charge in [0.25, 0.3) is 0 Å². The Kier molecular flexibility index (Phi) is 4.20. The predicted octanol–water partition coefficient (Wildman–Crippen LogP) is 2.68. The molecule has 3 nitrogen and oxygen atoms in total. The number of furan rings is 1. The van der Waals surface area contributed by atoms with E-state index in [9.17, 15) is 0 Å². The molecular weight excluding hydrogens is 238 g/mol. The van der Waals surface area contributed by atoms with Crippen LogP contribution in [-0.2, 0) is 6.54 Å². The van der Waals surface area contributed by atoms with Crippen molar-refractivity contribution in [1.29, 1.82) is 0 Å². The summed E-state index contributed by atoms with van der Waals surface area (Å²) in [6, 6.07) is 11.4. The molecule has 4 heteroatoms. The summed E-state index contributed by atoms with van der Waals surface area (Å²) in [6.45, 7) is 1.30. The van der Waals surface area contributed by atoms with Crippen molar-refractivity contribution in [3.05, 3.63) is 47.2 Å². The number of benzene rings is 1. The van der Waals surface area contributed by atoms with E-state index in [2.05, 4.69) is 5.32 Å². The quantitative estimate of drug-likeness (QED) is 0.803. The van der Waals surface area contributed by atoms with E-state index in [0.717, 1.165) is 17.1 Å². The van der Waals surface area contributed by atoms with Crippen molar-refractivity contribution in [2.45, 2.75) is 6.54 Å². The van der Waals surface area contributed by atoms with Crippen LogP contribution in [0.4, 0.5) is 0 Å². The molecule has 1 aromatic heterocycles. The molecule has 0 saturated heterocycles. The molecule has 0 spiro atoms. The summed E-state index contributed by atoms with van der Waals surface area (Å²) in [7, 11) is 0. The van der Waals surface area contributed by atoms with Gasteiger partial charge in [0.15, 0.2) is 0 Å². The highest BCUT2D eigenvalue weighted by atomic mass is 35.5. The van der Waals surface area contributed by atoms with Gasteiger partial charge in [-0.15, -0.1) is 0 Å². The van der Waals surface area contributed by atoms with Crippen LogP contribution in [0.1, 0.15) is 5.76 Å². The van der Waals surface area contributed by atoms with Crippen molar-refractivity contribution >= 4 is 11.6 Å². The number of aliphatic hydroxyl groups excluding tert-OH is 1.